The molecule has 3 fully saturated rings. The number of benzene rings is 1. The molecular formula is C17H16F2N4O3S. The van der Waals surface area contributed by atoms with Crippen molar-refractivity contribution in [1.82, 2.24) is 15.3 Å². The number of piperazine rings is 1. The number of piperidine rings is 1. The lowest BCUT2D eigenvalue weighted by Gasteiger charge is -2.48. The highest BCUT2D eigenvalue weighted by atomic mass is 32.1. The van der Waals surface area contributed by atoms with Gasteiger partial charge in [-0.15, -0.1) is 0 Å². The largest absolute Gasteiger partial charge is 0.444 e. The van der Waals surface area contributed by atoms with Crippen molar-refractivity contribution in [2.24, 2.45) is 0 Å². The summed E-state index contributed by atoms with van der Waals surface area (Å²) in [5.74, 6) is 0.306. The van der Waals surface area contributed by atoms with E-state index in [1.807, 2.05) is 0 Å². The van der Waals surface area contributed by atoms with E-state index in [4.69, 9.17) is 14.3 Å². The Kier molecular flexibility index (Phi) is 3.81. The Morgan fingerprint density at radius 2 is 2.15 bits per heavy atom. The number of alkyl halides is 2. The number of oxazole rings is 1. The summed E-state index contributed by atoms with van der Waals surface area (Å²) >= 11 is 1.40. The van der Waals surface area contributed by atoms with Crippen LogP contribution >= 0.6 is 11.3 Å². The number of fused-ring (bicyclic) bond motifs is 3. The van der Waals surface area contributed by atoms with Crippen molar-refractivity contribution >= 4 is 26.7 Å². The smallest absolute Gasteiger partial charge is 0.421 e. The highest BCUT2D eigenvalue weighted by Crippen LogP contribution is 2.42. The number of aliphatic hydroxyl groups is 1. The molecule has 0 spiro atoms. The van der Waals surface area contributed by atoms with Crippen LogP contribution in [0.4, 0.5) is 13.9 Å². The molecule has 2 N–H and O–H groups in total. The molecule has 2 bridgehead atoms. The van der Waals surface area contributed by atoms with E-state index in [2.05, 4.69) is 20.2 Å². The van der Waals surface area contributed by atoms with E-state index in [-0.39, 0.29) is 5.75 Å². The van der Waals surface area contributed by atoms with Gasteiger partial charge in [0, 0.05) is 25.2 Å². The summed E-state index contributed by atoms with van der Waals surface area (Å²) in [6.07, 6.45) is 0.451. The lowest BCUT2D eigenvalue weighted by atomic mass is 9.92. The van der Waals surface area contributed by atoms with E-state index >= 15 is 0 Å². The highest BCUT2D eigenvalue weighted by Gasteiger charge is 2.38. The number of rotatable bonds is 5. The molecule has 7 nitrogen and oxygen atoms in total. The molecular weight excluding hydrogens is 378 g/mol. The third-order valence-electron chi connectivity index (χ3n) is 4.79. The predicted molar refractivity (Wildman–Crippen MR) is 95.3 cm³/mol. The molecule has 5 heterocycles. The van der Waals surface area contributed by atoms with E-state index in [9.17, 15) is 8.78 Å². The van der Waals surface area contributed by atoms with E-state index in [1.165, 1.54) is 29.9 Å². The van der Waals surface area contributed by atoms with Crippen molar-refractivity contribution in [3.05, 3.63) is 24.6 Å². The monoisotopic (exact) mass is 394 g/mol. The second-order valence-electron chi connectivity index (χ2n) is 6.72. The van der Waals surface area contributed by atoms with Crippen LogP contribution in [0.3, 0.4) is 0 Å². The van der Waals surface area contributed by atoms with Crippen LogP contribution in [0.2, 0.25) is 0 Å². The first-order chi connectivity index (χ1) is 13.0. The number of ether oxygens (including phenoxy) is 1. The van der Waals surface area contributed by atoms with Gasteiger partial charge < -0.3 is 24.5 Å². The molecule has 2 unspecified atom stereocenters. The molecule has 142 valence electrons. The summed E-state index contributed by atoms with van der Waals surface area (Å²) in [4.78, 5) is 10.9. The fourth-order valence-electron chi connectivity index (χ4n) is 3.58. The second kappa shape index (κ2) is 6.11. The minimum Gasteiger partial charge on any atom is -0.444 e. The van der Waals surface area contributed by atoms with Crippen LogP contribution < -0.4 is 15.0 Å². The summed E-state index contributed by atoms with van der Waals surface area (Å²) in [6.45, 7) is 0.245. The maximum atomic E-state index is 13.6. The molecule has 0 radical (unpaired) electrons. The van der Waals surface area contributed by atoms with Gasteiger partial charge in [-0.3, -0.25) is 0 Å². The Hall–Kier alpha value is -2.30. The first-order valence-electron chi connectivity index (χ1n) is 8.54. The molecule has 1 aromatic carbocycles. The fourth-order valence-corrected chi connectivity index (χ4v) is 4.68. The number of nitrogens with zero attached hydrogens (tertiary/aromatic N) is 3. The van der Waals surface area contributed by atoms with Crippen LogP contribution in [-0.4, -0.2) is 53.0 Å². The van der Waals surface area contributed by atoms with Gasteiger partial charge in [-0.25, -0.2) is 9.97 Å². The van der Waals surface area contributed by atoms with Crippen LogP contribution in [0.25, 0.3) is 21.7 Å². The molecule has 3 aromatic rings. The van der Waals surface area contributed by atoms with Gasteiger partial charge in [0.2, 0.25) is 5.89 Å². The molecule has 0 saturated carbocycles. The zero-order valence-electron chi connectivity index (χ0n) is 14.1. The second-order valence-corrected chi connectivity index (χ2v) is 7.70. The van der Waals surface area contributed by atoms with Gasteiger partial charge in [0.25, 0.3) is 0 Å². The van der Waals surface area contributed by atoms with Crippen molar-refractivity contribution < 1.29 is 23.0 Å². The quantitative estimate of drug-likeness (QED) is 0.688. The molecule has 2 atom stereocenters. The minimum absolute atomic E-state index is 0.0813. The molecule has 27 heavy (non-hydrogen) atoms. The first kappa shape index (κ1) is 16.8. The summed E-state index contributed by atoms with van der Waals surface area (Å²) < 4.78 is 38.0. The number of hydrogen-bond acceptors (Lipinski definition) is 8. The lowest BCUT2D eigenvalue weighted by molar-refractivity contribution is -0.200. The number of aromatic nitrogens is 2. The van der Waals surface area contributed by atoms with Crippen LogP contribution in [-0.2, 0) is 0 Å². The maximum absolute atomic E-state index is 13.6. The molecule has 0 aliphatic carbocycles. The molecule has 6 rings (SSSR count). The number of anilines is 1. The maximum Gasteiger partial charge on any atom is 0.421 e. The Morgan fingerprint density at radius 1 is 1.37 bits per heavy atom. The third-order valence-corrected chi connectivity index (χ3v) is 5.94. The fraction of sp³-hybridized carbons (Fsp3) is 0.412. The summed E-state index contributed by atoms with van der Waals surface area (Å²) in [5, 5.41) is 13.0. The van der Waals surface area contributed by atoms with Crippen LogP contribution in [0.15, 0.2) is 29.0 Å². The van der Waals surface area contributed by atoms with E-state index in [1.54, 1.807) is 6.07 Å². The molecule has 0 amide bonds. The van der Waals surface area contributed by atoms with Crippen LogP contribution in [0.5, 0.6) is 5.75 Å². The topological polar surface area (TPSA) is 83.7 Å². The van der Waals surface area contributed by atoms with Gasteiger partial charge in [-0.2, -0.15) is 8.78 Å². The van der Waals surface area contributed by atoms with Crippen molar-refractivity contribution in [3.63, 3.8) is 0 Å². The Morgan fingerprint density at radius 3 is 2.81 bits per heavy atom. The predicted octanol–water partition coefficient (Wildman–Crippen LogP) is 2.47. The van der Waals surface area contributed by atoms with Crippen molar-refractivity contribution in [3.8, 4) is 17.2 Å². The normalized spacial score (nSPS) is 22.1. The van der Waals surface area contributed by atoms with Gasteiger partial charge in [0.05, 0.1) is 16.5 Å². The van der Waals surface area contributed by atoms with Crippen LogP contribution in [0, 0.1) is 0 Å². The molecule has 3 saturated heterocycles. The number of nitrogens with one attached hydrogen (secondary N) is 1. The zero-order chi connectivity index (χ0) is 18.6. The zero-order valence-corrected chi connectivity index (χ0v) is 14.9. The third kappa shape index (κ3) is 2.93. The van der Waals surface area contributed by atoms with Gasteiger partial charge in [-0.1, -0.05) is 11.3 Å². The molecule has 10 heteroatoms. The summed E-state index contributed by atoms with van der Waals surface area (Å²) in [7, 11) is 0. The van der Waals surface area contributed by atoms with Gasteiger partial charge in [-0.05, 0) is 18.6 Å². The van der Waals surface area contributed by atoms with E-state index in [0.29, 0.717) is 33.8 Å². The highest BCUT2D eigenvalue weighted by molar-refractivity contribution is 7.22. The molecule has 3 aliphatic rings. The number of thiazole rings is 1. The molecule has 2 aromatic heterocycles. The van der Waals surface area contributed by atoms with Gasteiger partial charge in [0.1, 0.15) is 18.4 Å². The summed E-state index contributed by atoms with van der Waals surface area (Å²) in [5.41, 5.74) is 0.977. The average molecular weight is 394 g/mol. The SMILES string of the molecule is OCC(F)(F)Oc1ccc(-c2ncco2)c2sc(N3CC4CC(C3)N4)nc12. The number of hydrogen-bond donors (Lipinski definition) is 2. The van der Waals surface area contributed by atoms with Gasteiger partial charge in [0.15, 0.2) is 10.9 Å². The van der Waals surface area contributed by atoms with Crippen molar-refractivity contribution in [1.29, 1.82) is 0 Å². The Bertz CT molecular complexity index is 962. The summed E-state index contributed by atoms with van der Waals surface area (Å²) in [6, 6.07) is 3.91. The standard InChI is InChI=1S/C17H16F2N4O3S/c18-17(19,8-24)26-12-2-1-11(15-20-3-4-25-15)14-13(12)22-16(27-14)23-6-9-5-10(7-23)21-9/h1-4,9-10,21,24H,5-8H2. The van der Waals surface area contributed by atoms with Crippen molar-refractivity contribution in [2.75, 3.05) is 24.6 Å². The van der Waals surface area contributed by atoms with E-state index in [0.717, 1.165) is 24.6 Å². The van der Waals surface area contributed by atoms with Gasteiger partial charge >= 0.3 is 6.11 Å². The van der Waals surface area contributed by atoms with Crippen LogP contribution in [0.1, 0.15) is 6.42 Å². The average Bonchev–Trinajstić information content (AvgIpc) is 3.31. The first-order valence-corrected chi connectivity index (χ1v) is 9.36. The van der Waals surface area contributed by atoms with E-state index < -0.39 is 12.7 Å². The number of aliphatic hydroxyl groups excluding tert-OH is 1. The lowest BCUT2D eigenvalue weighted by Crippen LogP contribution is -2.67. The number of halogens is 2. The Labute approximate surface area is 156 Å². The van der Waals surface area contributed by atoms with Crippen molar-refractivity contribution in [2.45, 2.75) is 24.6 Å². The molecule has 3 aliphatic heterocycles. The Balaban J connectivity index is 1.60. The minimum atomic E-state index is -3.68.